The molecule has 0 aliphatic carbocycles. The maximum absolute atomic E-state index is 11.9. The number of rotatable bonds is 4. The van der Waals surface area contributed by atoms with E-state index in [0.29, 0.717) is 0 Å². The molecule has 24 heavy (non-hydrogen) atoms. The molecule has 2 rings (SSSR count). The number of hydrogen-bond donors (Lipinski definition) is 6. The maximum atomic E-state index is 11.9. The summed E-state index contributed by atoms with van der Waals surface area (Å²) in [5.41, 5.74) is 0.109. The van der Waals surface area contributed by atoms with Crippen LogP contribution < -0.4 is 10.6 Å². The van der Waals surface area contributed by atoms with E-state index in [-0.39, 0.29) is 11.4 Å². The van der Waals surface area contributed by atoms with E-state index in [4.69, 9.17) is 9.84 Å². The lowest BCUT2D eigenvalue weighted by Crippen LogP contribution is -2.63. The highest BCUT2D eigenvalue weighted by Crippen LogP contribution is 2.20. The van der Waals surface area contributed by atoms with Gasteiger partial charge in [-0.25, -0.2) is 4.79 Å². The summed E-state index contributed by atoms with van der Waals surface area (Å²) in [6, 6.07) is 4.20. The lowest BCUT2D eigenvalue weighted by atomic mass is 9.98. The standard InChI is InChI=1S/C13H17N3O8/c17-5-8-9(18)10(19)11(20)12(24-8)15-13(21)14-6-1-3-7(4-2-6)16(22)23/h1-4,8-12,17-20H,5H2,(H2,14,15,21)/t8-,9-,10+,11-,12-/m1/s1. The number of nitro groups is 1. The number of hydrogen-bond acceptors (Lipinski definition) is 8. The Morgan fingerprint density at radius 2 is 1.79 bits per heavy atom. The molecular weight excluding hydrogens is 326 g/mol. The molecule has 1 fully saturated rings. The minimum atomic E-state index is -1.61. The van der Waals surface area contributed by atoms with Crippen LogP contribution in [0.5, 0.6) is 0 Å². The Hall–Kier alpha value is -2.31. The summed E-state index contributed by atoms with van der Waals surface area (Å²) in [6.07, 6.45) is -7.25. The van der Waals surface area contributed by atoms with Crippen molar-refractivity contribution >= 4 is 17.4 Å². The molecule has 0 spiro atoms. The quantitative estimate of drug-likeness (QED) is 0.283. The third-order valence-electron chi connectivity index (χ3n) is 3.50. The fraction of sp³-hybridized carbons (Fsp3) is 0.462. The van der Waals surface area contributed by atoms with Crippen molar-refractivity contribution in [3.63, 3.8) is 0 Å². The van der Waals surface area contributed by atoms with Gasteiger partial charge in [0.05, 0.1) is 11.5 Å². The number of ether oxygens (including phenoxy) is 1. The van der Waals surface area contributed by atoms with E-state index < -0.39 is 48.2 Å². The van der Waals surface area contributed by atoms with Gasteiger partial charge in [0.25, 0.3) is 5.69 Å². The molecular formula is C13H17N3O8. The van der Waals surface area contributed by atoms with E-state index in [1.54, 1.807) is 0 Å². The van der Waals surface area contributed by atoms with Gasteiger partial charge in [-0.2, -0.15) is 0 Å². The first kappa shape index (κ1) is 18.0. The van der Waals surface area contributed by atoms with Crippen molar-refractivity contribution in [3.05, 3.63) is 34.4 Å². The van der Waals surface area contributed by atoms with E-state index in [0.717, 1.165) is 0 Å². The molecule has 1 heterocycles. The summed E-state index contributed by atoms with van der Waals surface area (Å²) in [4.78, 5) is 21.8. The number of anilines is 1. The Bertz CT molecular complexity index is 593. The van der Waals surface area contributed by atoms with Gasteiger partial charge in [0.15, 0.2) is 6.23 Å². The minimum absolute atomic E-state index is 0.144. The number of urea groups is 1. The fourth-order valence-electron chi connectivity index (χ4n) is 2.18. The topological polar surface area (TPSA) is 174 Å². The van der Waals surface area contributed by atoms with Crippen molar-refractivity contribution in [3.8, 4) is 0 Å². The molecule has 5 atom stereocenters. The number of nitrogens with zero attached hydrogens (tertiary/aromatic N) is 1. The number of nitrogens with one attached hydrogen (secondary N) is 2. The third kappa shape index (κ3) is 3.96. The molecule has 11 heteroatoms. The van der Waals surface area contributed by atoms with Gasteiger partial charge in [-0.15, -0.1) is 0 Å². The normalized spacial score (nSPS) is 29.8. The minimum Gasteiger partial charge on any atom is -0.394 e. The summed E-state index contributed by atoms with van der Waals surface area (Å²) in [6.45, 7) is -0.618. The first-order chi connectivity index (χ1) is 11.3. The number of carbonyl (C=O) groups is 1. The smallest absolute Gasteiger partial charge is 0.321 e. The van der Waals surface area contributed by atoms with Gasteiger partial charge in [0, 0.05) is 17.8 Å². The average Bonchev–Trinajstić information content (AvgIpc) is 2.55. The highest BCUT2D eigenvalue weighted by Gasteiger charge is 2.43. The van der Waals surface area contributed by atoms with Crippen LogP contribution in [-0.2, 0) is 4.74 Å². The predicted molar refractivity (Wildman–Crippen MR) is 79.0 cm³/mol. The van der Waals surface area contributed by atoms with Gasteiger partial charge < -0.3 is 35.8 Å². The lowest BCUT2D eigenvalue weighted by Gasteiger charge is -2.40. The van der Waals surface area contributed by atoms with E-state index >= 15 is 0 Å². The van der Waals surface area contributed by atoms with Crippen LogP contribution in [0.2, 0.25) is 0 Å². The zero-order valence-corrected chi connectivity index (χ0v) is 12.3. The summed E-state index contributed by atoms with van der Waals surface area (Å²) >= 11 is 0. The third-order valence-corrected chi connectivity index (χ3v) is 3.50. The average molecular weight is 343 g/mol. The Kier molecular flexibility index (Phi) is 5.64. The highest BCUT2D eigenvalue weighted by atomic mass is 16.6. The number of carbonyl (C=O) groups excluding carboxylic acids is 1. The molecule has 0 unspecified atom stereocenters. The molecule has 1 aliphatic rings. The number of amides is 2. The van der Waals surface area contributed by atoms with Gasteiger partial charge in [-0.05, 0) is 12.1 Å². The van der Waals surface area contributed by atoms with Crippen molar-refractivity contribution in [1.82, 2.24) is 5.32 Å². The van der Waals surface area contributed by atoms with Gasteiger partial charge >= 0.3 is 6.03 Å². The summed E-state index contributed by atoms with van der Waals surface area (Å²) in [5.74, 6) is 0. The van der Waals surface area contributed by atoms with Crippen molar-refractivity contribution in [2.24, 2.45) is 0 Å². The Labute approximate surface area is 135 Å². The van der Waals surface area contributed by atoms with Gasteiger partial charge in [-0.3, -0.25) is 10.1 Å². The summed E-state index contributed by atoms with van der Waals surface area (Å²) < 4.78 is 5.12. The number of nitro benzene ring substituents is 1. The predicted octanol–water partition coefficient (Wildman–Crippen LogP) is -1.48. The van der Waals surface area contributed by atoms with Gasteiger partial charge in [0.1, 0.15) is 24.4 Å². The second kappa shape index (κ2) is 7.51. The molecule has 0 radical (unpaired) electrons. The van der Waals surface area contributed by atoms with Crippen LogP contribution in [0.25, 0.3) is 0 Å². The van der Waals surface area contributed by atoms with Crippen molar-refractivity contribution in [2.45, 2.75) is 30.6 Å². The Balaban J connectivity index is 1.97. The van der Waals surface area contributed by atoms with Crippen LogP contribution in [0.3, 0.4) is 0 Å². The van der Waals surface area contributed by atoms with E-state index in [1.165, 1.54) is 24.3 Å². The first-order valence-corrected chi connectivity index (χ1v) is 6.96. The molecule has 0 aromatic heterocycles. The largest absolute Gasteiger partial charge is 0.394 e. The second-order valence-corrected chi connectivity index (χ2v) is 5.15. The summed E-state index contributed by atoms with van der Waals surface area (Å²) in [7, 11) is 0. The highest BCUT2D eigenvalue weighted by molar-refractivity contribution is 5.89. The molecule has 11 nitrogen and oxygen atoms in total. The lowest BCUT2D eigenvalue weighted by molar-refractivity contribution is -0.384. The zero-order chi connectivity index (χ0) is 17.9. The molecule has 1 aliphatic heterocycles. The molecule has 6 N–H and O–H groups in total. The van der Waals surface area contributed by atoms with Crippen LogP contribution in [0.1, 0.15) is 0 Å². The Morgan fingerprint density at radius 3 is 2.33 bits per heavy atom. The fourth-order valence-corrected chi connectivity index (χ4v) is 2.18. The van der Waals surface area contributed by atoms with E-state index in [1.807, 2.05) is 0 Å². The van der Waals surface area contributed by atoms with Crippen molar-refractivity contribution in [2.75, 3.05) is 11.9 Å². The molecule has 132 valence electrons. The number of non-ortho nitro benzene ring substituents is 1. The summed E-state index contributed by atoms with van der Waals surface area (Å²) in [5, 5.41) is 53.3. The molecule has 0 saturated carbocycles. The molecule has 1 saturated heterocycles. The van der Waals surface area contributed by atoms with Crippen LogP contribution in [0.15, 0.2) is 24.3 Å². The molecule has 0 bridgehead atoms. The molecule has 1 aromatic rings. The molecule has 2 amide bonds. The van der Waals surface area contributed by atoms with Crippen LogP contribution in [0, 0.1) is 10.1 Å². The monoisotopic (exact) mass is 343 g/mol. The van der Waals surface area contributed by atoms with Crippen molar-refractivity contribution < 1.29 is 34.9 Å². The van der Waals surface area contributed by atoms with Gasteiger partial charge in [-0.1, -0.05) is 0 Å². The second-order valence-electron chi connectivity index (χ2n) is 5.15. The Morgan fingerprint density at radius 1 is 1.17 bits per heavy atom. The number of aliphatic hydroxyl groups is 4. The zero-order valence-electron chi connectivity index (χ0n) is 12.3. The van der Waals surface area contributed by atoms with Gasteiger partial charge in [0.2, 0.25) is 0 Å². The first-order valence-electron chi connectivity index (χ1n) is 6.96. The SMILES string of the molecule is O=C(Nc1ccc([N+](=O)[O-])cc1)N[C@@H]1O[C@H](CO)[C@@H](O)[C@H](O)[C@H]1O. The molecule has 1 aromatic carbocycles. The van der Waals surface area contributed by atoms with Crippen LogP contribution in [-0.4, -0.2) is 68.6 Å². The number of aliphatic hydroxyl groups excluding tert-OH is 4. The van der Waals surface area contributed by atoms with Crippen LogP contribution >= 0.6 is 0 Å². The maximum Gasteiger partial charge on any atom is 0.321 e. The van der Waals surface area contributed by atoms with E-state index in [9.17, 15) is 30.2 Å². The number of benzene rings is 1. The van der Waals surface area contributed by atoms with E-state index in [2.05, 4.69) is 10.6 Å². The van der Waals surface area contributed by atoms with Crippen molar-refractivity contribution in [1.29, 1.82) is 0 Å². The van der Waals surface area contributed by atoms with Crippen LogP contribution in [0.4, 0.5) is 16.2 Å².